The van der Waals surface area contributed by atoms with Crippen molar-refractivity contribution in [2.45, 2.75) is 25.7 Å². The molecule has 1 atom stereocenters. The Labute approximate surface area is 186 Å². The zero-order valence-corrected chi connectivity index (χ0v) is 18.0. The standard InChI is InChI=1S/C26H25FN4O/c1-18-8-6-9-19(16-18)24-23-13-4-5-15-31(23)25(29-24)20-10-7-14-30(17-20)26(32)28-22-12-3-2-11-21(22)27/h2-6,8-9,11-13,15-16,20H,7,10,14,17H2,1H3,(H,28,32). The van der Waals surface area contributed by atoms with Crippen LogP contribution in [0.1, 0.15) is 30.1 Å². The molecule has 1 fully saturated rings. The number of halogens is 1. The molecule has 0 bridgehead atoms. The molecule has 5 nitrogen and oxygen atoms in total. The van der Waals surface area contributed by atoms with Crippen molar-refractivity contribution in [1.29, 1.82) is 0 Å². The molecule has 2 aromatic heterocycles. The molecule has 0 aliphatic carbocycles. The third kappa shape index (κ3) is 3.84. The zero-order valence-electron chi connectivity index (χ0n) is 18.0. The molecule has 2 amide bonds. The molecular weight excluding hydrogens is 403 g/mol. The number of pyridine rings is 1. The van der Waals surface area contributed by atoms with Gasteiger partial charge in [0.05, 0.1) is 16.9 Å². The van der Waals surface area contributed by atoms with E-state index in [4.69, 9.17) is 4.98 Å². The molecule has 0 saturated carbocycles. The Bertz CT molecular complexity index is 1280. The van der Waals surface area contributed by atoms with Crippen LogP contribution in [0.15, 0.2) is 72.9 Å². The zero-order chi connectivity index (χ0) is 22.1. The maximum absolute atomic E-state index is 14.0. The van der Waals surface area contributed by atoms with E-state index >= 15 is 0 Å². The van der Waals surface area contributed by atoms with Gasteiger partial charge in [0, 0.05) is 30.8 Å². The summed E-state index contributed by atoms with van der Waals surface area (Å²) in [7, 11) is 0. The minimum Gasteiger partial charge on any atom is -0.324 e. The van der Waals surface area contributed by atoms with Crippen molar-refractivity contribution < 1.29 is 9.18 Å². The third-order valence-electron chi connectivity index (χ3n) is 6.06. The quantitative estimate of drug-likeness (QED) is 0.444. The molecule has 1 saturated heterocycles. The first-order valence-corrected chi connectivity index (χ1v) is 10.9. The van der Waals surface area contributed by atoms with Crippen LogP contribution in [0.3, 0.4) is 0 Å². The molecule has 1 unspecified atom stereocenters. The van der Waals surface area contributed by atoms with E-state index in [1.807, 2.05) is 24.4 Å². The first-order valence-electron chi connectivity index (χ1n) is 10.9. The van der Waals surface area contributed by atoms with Gasteiger partial charge in [-0.1, -0.05) is 42.0 Å². The van der Waals surface area contributed by atoms with E-state index in [9.17, 15) is 9.18 Å². The van der Waals surface area contributed by atoms with E-state index in [0.717, 1.165) is 35.4 Å². The van der Waals surface area contributed by atoms with E-state index in [1.165, 1.54) is 11.6 Å². The second kappa shape index (κ2) is 8.46. The molecule has 6 heteroatoms. The van der Waals surface area contributed by atoms with E-state index in [0.29, 0.717) is 13.1 Å². The first kappa shape index (κ1) is 20.2. The van der Waals surface area contributed by atoms with Crippen LogP contribution in [0.2, 0.25) is 0 Å². The van der Waals surface area contributed by atoms with Crippen LogP contribution in [0.5, 0.6) is 0 Å². The van der Waals surface area contributed by atoms with Gasteiger partial charge in [-0.05, 0) is 50.1 Å². The molecule has 1 aliphatic heterocycles. The van der Waals surface area contributed by atoms with Crippen molar-refractivity contribution in [1.82, 2.24) is 14.3 Å². The maximum atomic E-state index is 14.0. The van der Waals surface area contributed by atoms with Crippen molar-refractivity contribution in [3.05, 3.63) is 90.1 Å². The molecule has 0 radical (unpaired) electrons. The molecule has 3 heterocycles. The van der Waals surface area contributed by atoms with Gasteiger partial charge < -0.3 is 14.6 Å². The number of amides is 2. The molecule has 4 aromatic rings. The Morgan fingerprint density at radius 3 is 2.78 bits per heavy atom. The summed E-state index contributed by atoms with van der Waals surface area (Å²) in [5, 5.41) is 2.71. The number of nitrogens with one attached hydrogen (secondary N) is 1. The lowest BCUT2D eigenvalue weighted by Gasteiger charge is -2.32. The molecule has 5 rings (SSSR count). The predicted molar refractivity (Wildman–Crippen MR) is 124 cm³/mol. The van der Waals surface area contributed by atoms with Crippen molar-refractivity contribution in [3.63, 3.8) is 0 Å². The van der Waals surface area contributed by atoms with Crippen LogP contribution >= 0.6 is 0 Å². The fourth-order valence-corrected chi connectivity index (χ4v) is 4.48. The van der Waals surface area contributed by atoms with Crippen LogP contribution < -0.4 is 5.32 Å². The number of hydrogen-bond donors (Lipinski definition) is 1. The fraction of sp³-hybridized carbons (Fsp3) is 0.231. The summed E-state index contributed by atoms with van der Waals surface area (Å²) in [5.74, 6) is 0.625. The normalized spacial score (nSPS) is 16.3. The highest BCUT2D eigenvalue weighted by molar-refractivity contribution is 5.89. The number of aromatic nitrogens is 2. The summed E-state index contributed by atoms with van der Waals surface area (Å²) in [6, 6.07) is 20.4. The van der Waals surface area contributed by atoms with E-state index in [-0.39, 0.29) is 17.6 Å². The van der Waals surface area contributed by atoms with E-state index in [1.54, 1.807) is 23.1 Å². The van der Waals surface area contributed by atoms with Gasteiger partial charge in [0.1, 0.15) is 11.6 Å². The number of imidazole rings is 1. The second-order valence-electron chi connectivity index (χ2n) is 8.34. The highest BCUT2D eigenvalue weighted by Crippen LogP contribution is 2.32. The third-order valence-corrected chi connectivity index (χ3v) is 6.06. The number of hydrogen-bond acceptors (Lipinski definition) is 2. The average molecular weight is 429 g/mol. The number of likely N-dealkylation sites (tertiary alicyclic amines) is 1. The number of anilines is 1. The smallest absolute Gasteiger partial charge is 0.321 e. The summed E-state index contributed by atoms with van der Waals surface area (Å²) >= 11 is 0. The summed E-state index contributed by atoms with van der Waals surface area (Å²) in [5.41, 5.74) is 4.49. The molecule has 2 aromatic carbocycles. The van der Waals surface area contributed by atoms with Gasteiger partial charge >= 0.3 is 6.03 Å². The largest absolute Gasteiger partial charge is 0.324 e. The number of carbonyl (C=O) groups excluding carboxylic acids is 1. The second-order valence-corrected chi connectivity index (χ2v) is 8.34. The molecule has 162 valence electrons. The number of para-hydroxylation sites is 1. The SMILES string of the molecule is Cc1cccc(-c2nc(C3CCCN(C(=O)Nc4ccccc4F)C3)n3ccccc23)c1. The Morgan fingerprint density at radius 1 is 1.09 bits per heavy atom. The Morgan fingerprint density at radius 2 is 1.94 bits per heavy atom. The van der Waals surface area contributed by atoms with Crippen molar-refractivity contribution in [2.75, 3.05) is 18.4 Å². The molecule has 1 N–H and O–H groups in total. The summed E-state index contributed by atoms with van der Waals surface area (Å²) in [6.45, 7) is 3.27. The highest BCUT2D eigenvalue weighted by Gasteiger charge is 2.29. The van der Waals surface area contributed by atoms with Gasteiger partial charge in [-0.15, -0.1) is 0 Å². The van der Waals surface area contributed by atoms with Crippen LogP contribution in [-0.2, 0) is 0 Å². The molecule has 1 aliphatic rings. The minimum atomic E-state index is -0.434. The fourth-order valence-electron chi connectivity index (χ4n) is 4.48. The van der Waals surface area contributed by atoms with Gasteiger partial charge in [-0.25, -0.2) is 14.2 Å². The number of carbonyl (C=O) groups is 1. The molecule has 32 heavy (non-hydrogen) atoms. The lowest BCUT2D eigenvalue weighted by atomic mass is 9.97. The van der Waals surface area contributed by atoms with E-state index in [2.05, 4.69) is 40.9 Å². The Balaban J connectivity index is 1.44. The van der Waals surface area contributed by atoms with Gasteiger partial charge in [-0.3, -0.25) is 0 Å². The van der Waals surface area contributed by atoms with Crippen LogP contribution in [0.4, 0.5) is 14.9 Å². The number of urea groups is 1. The Kier molecular flexibility index (Phi) is 5.35. The highest BCUT2D eigenvalue weighted by atomic mass is 19.1. The van der Waals surface area contributed by atoms with Crippen LogP contribution in [0, 0.1) is 12.7 Å². The predicted octanol–water partition coefficient (Wildman–Crippen LogP) is 5.86. The number of fused-ring (bicyclic) bond motifs is 1. The number of piperidine rings is 1. The summed E-state index contributed by atoms with van der Waals surface area (Å²) < 4.78 is 16.1. The number of aryl methyl sites for hydroxylation is 1. The van der Waals surface area contributed by atoms with Crippen molar-refractivity contribution in [3.8, 4) is 11.3 Å². The monoisotopic (exact) mass is 428 g/mol. The number of benzene rings is 2. The summed E-state index contributed by atoms with van der Waals surface area (Å²) in [4.78, 5) is 19.7. The lowest BCUT2D eigenvalue weighted by Crippen LogP contribution is -2.42. The molecular formula is C26H25FN4O. The van der Waals surface area contributed by atoms with E-state index < -0.39 is 5.82 Å². The van der Waals surface area contributed by atoms with Gasteiger partial charge in [0.2, 0.25) is 0 Å². The average Bonchev–Trinajstić information content (AvgIpc) is 3.20. The van der Waals surface area contributed by atoms with Gasteiger partial charge in [0.15, 0.2) is 0 Å². The van der Waals surface area contributed by atoms with Crippen molar-refractivity contribution in [2.24, 2.45) is 0 Å². The maximum Gasteiger partial charge on any atom is 0.321 e. The van der Waals surface area contributed by atoms with Crippen molar-refractivity contribution >= 4 is 17.2 Å². The van der Waals surface area contributed by atoms with Crippen LogP contribution in [-0.4, -0.2) is 33.4 Å². The molecule has 0 spiro atoms. The van der Waals surface area contributed by atoms with Crippen LogP contribution in [0.25, 0.3) is 16.8 Å². The number of nitrogens with zero attached hydrogens (tertiary/aromatic N) is 3. The minimum absolute atomic E-state index is 0.101. The Hall–Kier alpha value is -3.67. The topological polar surface area (TPSA) is 49.6 Å². The first-order chi connectivity index (χ1) is 15.6. The summed E-state index contributed by atoms with van der Waals surface area (Å²) in [6.07, 6.45) is 3.86. The van der Waals surface area contributed by atoms with Gasteiger partial charge in [-0.2, -0.15) is 0 Å². The lowest BCUT2D eigenvalue weighted by molar-refractivity contribution is 0.191. The number of rotatable bonds is 3. The van der Waals surface area contributed by atoms with Gasteiger partial charge in [0.25, 0.3) is 0 Å².